The molecule has 0 unspecified atom stereocenters. The molecule has 0 bridgehead atoms. The molecule has 0 spiro atoms. The monoisotopic (exact) mass is 415 g/mol. The summed E-state index contributed by atoms with van der Waals surface area (Å²) in [4.78, 5) is 37.8. The molecule has 3 aromatic carbocycles. The van der Waals surface area contributed by atoms with Gasteiger partial charge in [0.2, 0.25) is 6.10 Å². The zero-order valence-corrected chi connectivity index (χ0v) is 17.6. The minimum Gasteiger partial charge on any atom is -0.447 e. The molecule has 3 rings (SSSR count). The van der Waals surface area contributed by atoms with E-state index in [-0.39, 0.29) is 18.6 Å². The first-order valence-corrected chi connectivity index (χ1v) is 10.1. The van der Waals surface area contributed by atoms with Gasteiger partial charge in [-0.25, -0.2) is 0 Å². The summed E-state index contributed by atoms with van der Waals surface area (Å²) in [7, 11) is 0. The lowest BCUT2D eigenvalue weighted by molar-refractivity contribution is -0.154. The van der Waals surface area contributed by atoms with Crippen LogP contribution in [0, 0.1) is 13.8 Å². The van der Waals surface area contributed by atoms with E-state index in [4.69, 9.17) is 4.74 Å². The van der Waals surface area contributed by atoms with Crippen LogP contribution in [0.1, 0.15) is 46.0 Å². The van der Waals surface area contributed by atoms with Crippen LogP contribution < -0.4 is 5.32 Å². The highest BCUT2D eigenvalue weighted by molar-refractivity contribution is 5.98. The molecule has 0 radical (unpaired) electrons. The number of rotatable bonds is 8. The zero-order chi connectivity index (χ0) is 22.2. The summed E-state index contributed by atoms with van der Waals surface area (Å²) in [5, 5.41) is 2.86. The van der Waals surface area contributed by atoms with Crippen LogP contribution in [0.5, 0.6) is 0 Å². The Morgan fingerprint density at radius 2 is 1.48 bits per heavy atom. The Kier molecular flexibility index (Phi) is 7.33. The maximum absolute atomic E-state index is 13.0. The normalized spacial score (nSPS) is 11.4. The molecule has 0 aromatic heterocycles. The van der Waals surface area contributed by atoms with Crippen molar-refractivity contribution in [1.82, 2.24) is 0 Å². The van der Waals surface area contributed by atoms with Gasteiger partial charge in [-0.2, -0.15) is 0 Å². The van der Waals surface area contributed by atoms with E-state index in [1.54, 1.807) is 48.5 Å². The number of ketones is 1. The summed E-state index contributed by atoms with van der Waals surface area (Å²) < 4.78 is 5.52. The molecule has 0 saturated heterocycles. The molecule has 158 valence electrons. The molecule has 31 heavy (non-hydrogen) atoms. The molecule has 1 atom stereocenters. The molecular weight excluding hydrogens is 390 g/mol. The van der Waals surface area contributed by atoms with Crippen molar-refractivity contribution in [3.8, 4) is 0 Å². The van der Waals surface area contributed by atoms with Crippen molar-refractivity contribution in [2.24, 2.45) is 0 Å². The highest BCUT2D eigenvalue weighted by Crippen LogP contribution is 2.23. The number of benzene rings is 3. The fraction of sp³-hybridized carbons (Fsp3) is 0.192. The number of hydrogen-bond donors (Lipinski definition) is 1. The van der Waals surface area contributed by atoms with Gasteiger partial charge in [0, 0.05) is 23.2 Å². The number of nitrogens with one attached hydrogen (secondary N) is 1. The SMILES string of the molecule is Cc1ccc(C)c(NC(=O)[C@@H](OC(=O)CCC(=O)c2ccccc2)c2ccccc2)c1. The van der Waals surface area contributed by atoms with Crippen LogP contribution in [-0.2, 0) is 14.3 Å². The van der Waals surface area contributed by atoms with Gasteiger partial charge in [0.1, 0.15) is 0 Å². The number of ether oxygens (including phenoxy) is 1. The van der Waals surface area contributed by atoms with Gasteiger partial charge in [0.25, 0.3) is 5.91 Å². The number of Topliss-reactive ketones (excluding diaryl/α,β-unsaturated/α-hetero) is 1. The van der Waals surface area contributed by atoms with E-state index in [2.05, 4.69) is 5.32 Å². The summed E-state index contributed by atoms with van der Waals surface area (Å²) in [6, 6.07) is 23.4. The minimum atomic E-state index is -1.11. The van der Waals surface area contributed by atoms with Gasteiger partial charge in [0.15, 0.2) is 5.78 Å². The molecular formula is C26H25NO4. The number of esters is 1. The third-order valence-corrected chi connectivity index (χ3v) is 4.89. The van der Waals surface area contributed by atoms with Crippen LogP contribution in [0.2, 0.25) is 0 Å². The van der Waals surface area contributed by atoms with Crippen LogP contribution >= 0.6 is 0 Å². The molecule has 0 fully saturated rings. The molecule has 5 heteroatoms. The molecule has 0 heterocycles. The fourth-order valence-corrected chi connectivity index (χ4v) is 3.14. The number of carbonyl (C=O) groups is 3. The van der Waals surface area contributed by atoms with Crippen molar-refractivity contribution in [3.05, 3.63) is 101 Å². The van der Waals surface area contributed by atoms with Crippen LogP contribution in [0.15, 0.2) is 78.9 Å². The first-order valence-electron chi connectivity index (χ1n) is 10.1. The third-order valence-electron chi connectivity index (χ3n) is 4.89. The summed E-state index contributed by atoms with van der Waals surface area (Å²) >= 11 is 0. The standard InChI is InChI=1S/C26H25NO4/c1-18-13-14-19(2)22(17-18)27-26(30)25(21-11-7-4-8-12-21)31-24(29)16-15-23(28)20-9-5-3-6-10-20/h3-14,17,25H,15-16H2,1-2H3,(H,27,30)/t25-/m0/s1. The predicted molar refractivity (Wildman–Crippen MR) is 120 cm³/mol. The number of aryl methyl sites for hydroxylation is 2. The third kappa shape index (κ3) is 6.12. The van der Waals surface area contributed by atoms with E-state index in [9.17, 15) is 14.4 Å². The van der Waals surface area contributed by atoms with Crippen molar-refractivity contribution in [2.75, 3.05) is 5.32 Å². The Morgan fingerprint density at radius 3 is 2.16 bits per heavy atom. The van der Waals surface area contributed by atoms with E-state index in [1.165, 1.54) is 0 Å². The van der Waals surface area contributed by atoms with Crippen LogP contribution in [-0.4, -0.2) is 17.7 Å². The summed E-state index contributed by atoms with van der Waals surface area (Å²) in [6.07, 6.45) is -1.20. The van der Waals surface area contributed by atoms with E-state index in [1.807, 2.05) is 44.2 Å². The van der Waals surface area contributed by atoms with Gasteiger partial charge in [-0.05, 0) is 31.0 Å². The summed E-state index contributed by atoms with van der Waals surface area (Å²) in [5.41, 5.74) is 3.69. The molecule has 0 aliphatic rings. The maximum atomic E-state index is 13.0. The topological polar surface area (TPSA) is 72.5 Å². The van der Waals surface area contributed by atoms with Crippen molar-refractivity contribution in [3.63, 3.8) is 0 Å². The molecule has 5 nitrogen and oxygen atoms in total. The van der Waals surface area contributed by atoms with E-state index in [0.29, 0.717) is 16.8 Å². The second kappa shape index (κ2) is 10.3. The molecule has 0 aliphatic carbocycles. The predicted octanol–water partition coefficient (Wildman–Crippen LogP) is 5.19. The second-order valence-corrected chi connectivity index (χ2v) is 7.38. The van der Waals surface area contributed by atoms with Crippen LogP contribution in [0.3, 0.4) is 0 Å². The van der Waals surface area contributed by atoms with E-state index >= 15 is 0 Å². The molecule has 1 amide bonds. The van der Waals surface area contributed by atoms with E-state index < -0.39 is 18.0 Å². The lowest BCUT2D eigenvalue weighted by Crippen LogP contribution is -2.26. The Morgan fingerprint density at radius 1 is 0.839 bits per heavy atom. The van der Waals surface area contributed by atoms with Crippen molar-refractivity contribution in [1.29, 1.82) is 0 Å². The average molecular weight is 415 g/mol. The molecule has 3 aromatic rings. The average Bonchev–Trinajstić information content (AvgIpc) is 2.79. The Bertz CT molecular complexity index is 1060. The lowest BCUT2D eigenvalue weighted by Gasteiger charge is -2.19. The van der Waals surface area contributed by atoms with Gasteiger partial charge in [-0.1, -0.05) is 72.8 Å². The first-order chi connectivity index (χ1) is 14.9. The number of carbonyl (C=O) groups excluding carboxylic acids is 3. The molecule has 1 N–H and O–H groups in total. The second-order valence-electron chi connectivity index (χ2n) is 7.38. The minimum absolute atomic E-state index is 0.0168. The Labute approximate surface area is 182 Å². The molecule has 0 aliphatic heterocycles. The lowest BCUT2D eigenvalue weighted by atomic mass is 10.1. The van der Waals surface area contributed by atoms with Gasteiger partial charge in [-0.3, -0.25) is 14.4 Å². The van der Waals surface area contributed by atoms with Crippen molar-refractivity contribution in [2.45, 2.75) is 32.8 Å². The largest absolute Gasteiger partial charge is 0.447 e. The maximum Gasteiger partial charge on any atom is 0.307 e. The quantitative estimate of drug-likeness (QED) is 0.406. The summed E-state index contributed by atoms with van der Waals surface area (Å²) in [6.45, 7) is 3.83. The summed E-state index contributed by atoms with van der Waals surface area (Å²) in [5.74, 6) is -1.19. The highest BCUT2D eigenvalue weighted by Gasteiger charge is 2.26. The smallest absolute Gasteiger partial charge is 0.307 e. The van der Waals surface area contributed by atoms with Gasteiger partial charge in [-0.15, -0.1) is 0 Å². The van der Waals surface area contributed by atoms with Crippen LogP contribution in [0.4, 0.5) is 5.69 Å². The van der Waals surface area contributed by atoms with Crippen LogP contribution in [0.25, 0.3) is 0 Å². The molecule has 0 saturated carbocycles. The number of amides is 1. The van der Waals surface area contributed by atoms with E-state index in [0.717, 1.165) is 11.1 Å². The van der Waals surface area contributed by atoms with Gasteiger partial charge >= 0.3 is 5.97 Å². The van der Waals surface area contributed by atoms with Gasteiger partial charge in [0.05, 0.1) is 6.42 Å². The number of anilines is 1. The Balaban J connectivity index is 1.70. The Hall–Kier alpha value is -3.73. The highest BCUT2D eigenvalue weighted by atomic mass is 16.5. The fourth-order valence-electron chi connectivity index (χ4n) is 3.14. The first kappa shape index (κ1) is 22.0. The van der Waals surface area contributed by atoms with Gasteiger partial charge < -0.3 is 10.1 Å². The van der Waals surface area contributed by atoms with Crippen molar-refractivity contribution >= 4 is 23.3 Å². The number of hydrogen-bond acceptors (Lipinski definition) is 4. The zero-order valence-electron chi connectivity index (χ0n) is 17.6. The van der Waals surface area contributed by atoms with Crippen molar-refractivity contribution < 1.29 is 19.1 Å².